The highest BCUT2D eigenvalue weighted by Crippen LogP contribution is 2.31. The molecule has 3 aromatic carbocycles. The predicted molar refractivity (Wildman–Crippen MR) is 154 cm³/mol. The van der Waals surface area contributed by atoms with Crippen molar-refractivity contribution in [3.8, 4) is 0 Å². The number of hydrogen-bond acceptors (Lipinski definition) is 4. The van der Waals surface area contributed by atoms with E-state index in [-0.39, 0.29) is 23.7 Å². The summed E-state index contributed by atoms with van der Waals surface area (Å²) in [5, 5.41) is 3.67. The van der Waals surface area contributed by atoms with Gasteiger partial charge in [0, 0.05) is 35.1 Å². The summed E-state index contributed by atoms with van der Waals surface area (Å²) in [7, 11) is -2.50. The van der Waals surface area contributed by atoms with Gasteiger partial charge in [-0.3, -0.25) is 13.9 Å². The zero-order valence-corrected chi connectivity index (χ0v) is 24.3. The zero-order chi connectivity index (χ0) is 28.0. The van der Waals surface area contributed by atoms with Gasteiger partial charge in [-0.1, -0.05) is 82.8 Å². The largest absolute Gasteiger partial charge is 0.357 e. The number of nitrogens with zero attached hydrogens (tertiary/aromatic N) is 2. The molecule has 202 valence electrons. The number of carbonyl (C=O) groups excluding carboxylic acids is 2. The van der Waals surface area contributed by atoms with Crippen molar-refractivity contribution in [3.63, 3.8) is 0 Å². The minimum atomic E-state index is -3.96. The van der Waals surface area contributed by atoms with Crippen LogP contribution in [0.1, 0.15) is 11.1 Å². The average Bonchev–Trinajstić information content (AvgIpc) is 2.85. The van der Waals surface area contributed by atoms with Gasteiger partial charge in [0.05, 0.1) is 17.0 Å². The standard InChI is InChI=1S/C26H25Cl4N3O4S/c1-31-26(35)24(12-17-6-4-3-5-7-17)32(15-18-8-9-19(27)13-21(18)29)25(34)16-33(38(2,36)37)23-11-10-20(28)14-22(23)30/h3-11,13-14,24H,12,15-16H2,1-2H3,(H,31,35)/t24-/m1/s1. The Bertz CT molecular complexity index is 1420. The number of hydrogen-bond donors (Lipinski definition) is 1. The van der Waals surface area contributed by atoms with E-state index in [9.17, 15) is 18.0 Å². The summed E-state index contributed by atoms with van der Waals surface area (Å²) < 4.78 is 26.4. The van der Waals surface area contributed by atoms with Crippen LogP contribution >= 0.6 is 46.4 Å². The third-order valence-corrected chi connectivity index (χ3v) is 7.98. The molecule has 0 radical (unpaired) electrons. The molecule has 0 saturated heterocycles. The van der Waals surface area contributed by atoms with Gasteiger partial charge < -0.3 is 10.2 Å². The molecule has 2 amide bonds. The number of benzene rings is 3. The van der Waals surface area contributed by atoms with E-state index in [1.54, 1.807) is 12.1 Å². The van der Waals surface area contributed by atoms with Crippen LogP contribution in [-0.2, 0) is 32.6 Å². The summed E-state index contributed by atoms with van der Waals surface area (Å²) in [6.45, 7) is -0.695. The van der Waals surface area contributed by atoms with Crippen LogP contribution in [0.3, 0.4) is 0 Å². The number of sulfonamides is 1. The molecule has 0 spiro atoms. The Hall–Kier alpha value is -2.49. The number of nitrogens with one attached hydrogen (secondary N) is 1. The molecule has 0 unspecified atom stereocenters. The van der Waals surface area contributed by atoms with Crippen LogP contribution in [0.2, 0.25) is 20.1 Å². The first-order valence-corrected chi connectivity index (χ1v) is 14.7. The van der Waals surface area contributed by atoms with Crippen LogP contribution in [0.4, 0.5) is 5.69 Å². The highest BCUT2D eigenvalue weighted by atomic mass is 35.5. The van der Waals surface area contributed by atoms with Crippen LogP contribution < -0.4 is 9.62 Å². The quantitative estimate of drug-likeness (QED) is 0.328. The van der Waals surface area contributed by atoms with Crippen LogP contribution in [0.15, 0.2) is 66.7 Å². The number of likely N-dealkylation sites (N-methyl/N-ethyl adjacent to an activating group) is 1. The Morgan fingerprint density at radius 1 is 0.895 bits per heavy atom. The predicted octanol–water partition coefficient (Wildman–Crippen LogP) is 5.45. The van der Waals surface area contributed by atoms with Gasteiger partial charge in [0.15, 0.2) is 0 Å². The van der Waals surface area contributed by atoms with Crippen molar-refractivity contribution >= 4 is 73.9 Å². The molecule has 0 aliphatic heterocycles. The summed E-state index contributed by atoms with van der Waals surface area (Å²) in [6.07, 6.45) is 1.14. The van der Waals surface area contributed by atoms with Gasteiger partial charge in [-0.25, -0.2) is 8.42 Å². The first-order chi connectivity index (χ1) is 17.9. The molecule has 0 aromatic heterocycles. The van der Waals surface area contributed by atoms with E-state index in [0.717, 1.165) is 16.1 Å². The third-order valence-electron chi connectivity index (χ3n) is 5.73. The Morgan fingerprint density at radius 3 is 2.05 bits per heavy atom. The summed E-state index contributed by atoms with van der Waals surface area (Å²) in [5.74, 6) is -1.07. The second kappa shape index (κ2) is 13.0. The lowest BCUT2D eigenvalue weighted by Crippen LogP contribution is -2.53. The fourth-order valence-corrected chi connectivity index (χ4v) is 5.72. The number of anilines is 1. The molecule has 38 heavy (non-hydrogen) atoms. The maximum absolute atomic E-state index is 13.9. The summed E-state index contributed by atoms with van der Waals surface area (Å²) in [6, 6.07) is 17.3. The molecule has 0 fully saturated rings. The van der Waals surface area contributed by atoms with Gasteiger partial charge in [-0.05, 0) is 41.5 Å². The summed E-state index contributed by atoms with van der Waals surface area (Å²) >= 11 is 24.7. The fraction of sp³-hybridized carbons (Fsp3) is 0.231. The van der Waals surface area contributed by atoms with Crippen LogP contribution in [0.25, 0.3) is 0 Å². The lowest BCUT2D eigenvalue weighted by atomic mass is 10.0. The number of carbonyl (C=O) groups is 2. The van der Waals surface area contributed by atoms with E-state index in [4.69, 9.17) is 46.4 Å². The molecular weight excluding hydrogens is 592 g/mol. The molecule has 3 aromatic rings. The van der Waals surface area contributed by atoms with Crippen LogP contribution in [0.5, 0.6) is 0 Å². The number of rotatable bonds is 10. The smallest absolute Gasteiger partial charge is 0.244 e. The monoisotopic (exact) mass is 615 g/mol. The first-order valence-electron chi connectivity index (χ1n) is 11.3. The molecule has 1 N–H and O–H groups in total. The number of amides is 2. The molecule has 0 heterocycles. The Labute approximate surface area is 242 Å². The molecule has 7 nitrogen and oxygen atoms in total. The van der Waals surface area contributed by atoms with Crippen molar-refractivity contribution in [2.75, 3.05) is 24.2 Å². The Morgan fingerprint density at radius 2 is 1.50 bits per heavy atom. The molecular formula is C26H25Cl4N3O4S. The van der Waals surface area contributed by atoms with Gasteiger partial charge in [0.25, 0.3) is 0 Å². The average molecular weight is 617 g/mol. The zero-order valence-electron chi connectivity index (χ0n) is 20.5. The minimum absolute atomic E-state index is 0.0511. The van der Waals surface area contributed by atoms with E-state index < -0.39 is 34.4 Å². The molecule has 0 bridgehead atoms. The molecule has 3 rings (SSSR count). The van der Waals surface area contributed by atoms with E-state index >= 15 is 0 Å². The highest BCUT2D eigenvalue weighted by Gasteiger charge is 2.33. The van der Waals surface area contributed by atoms with Gasteiger partial charge in [0.1, 0.15) is 12.6 Å². The third kappa shape index (κ3) is 7.77. The molecule has 0 saturated carbocycles. The minimum Gasteiger partial charge on any atom is -0.357 e. The van der Waals surface area contributed by atoms with Crippen molar-refractivity contribution in [2.45, 2.75) is 19.0 Å². The molecule has 12 heteroatoms. The van der Waals surface area contributed by atoms with Crippen molar-refractivity contribution in [1.29, 1.82) is 0 Å². The van der Waals surface area contributed by atoms with Crippen LogP contribution in [-0.4, -0.2) is 51.0 Å². The lowest BCUT2D eigenvalue weighted by molar-refractivity contribution is -0.139. The number of halogens is 4. The summed E-state index contributed by atoms with van der Waals surface area (Å²) in [4.78, 5) is 28.3. The summed E-state index contributed by atoms with van der Waals surface area (Å²) in [5.41, 5.74) is 1.42. The highest BCUT2D eigenvalue weighted by molar-refractivity contribution is 7.92. The second-order valence-electron chi connectivity index (χ2n) is 8.44. The maximum atomic E-state index is 13.9. The topological polar surface area (TPSA) is 86.8 Å². The maximum Gasteiger partial charge on any atom is 0.244 e. The normalized spacial score (nSPS) is 12.1. The van der Waals surface area contributed by atoms with Crippen molar-refractivity contribution in [3.05, 3.63) is 97.9 Å². The van der Waals surface area contributed by atoms with Crippen molar-refractivity contribution in [1.82, 2.24) is 10.2 Å². The Balaban J connectivity index is 2.07. The van der Waals surface area contributed by atoms with E-state index in [2.05, 4.69) is 5.32 Å². The van der Waals surface area contributed by atoms with Gasteiger partial charge >= 0.3 is 0 Å². The molecule has 0 aliphatic rings. The SMILES string of the molecule is CNC(=O)[C@@H](Cc1ccccc1)N(Cc1ccc(Cl)cc1Cl)C(=O)CN(c1ccc(Cl)cc1Cl)S(C)(=O)=O. The van der Waals surface area contributed by atoms with Gasteiger partial charge in [0.2, 0.25) is 21.8 Å². The van der Waals surface area contributed by atoms with E-state index in [1.165, 1.54) is 36.2 Å². The second-order valence-corrected chi connectivity index (χ2v) is 12.0. The van der Waals surface area contributed by atoms with Crippen LogP contribution in [0, 0.1) is 0 Å². The fourth-order valence-electron chi connectivity index (χ4n) is 3.83. The molecule has 0 aliphatic carbocycles. The Kier molecular flexibility index (Phi) is 10.3. The van der Waals surface area contributed by atoms with E-state index in [1.807, 2.05) is 30.3 Å². The van der Waals surface area contributed by atoms with E-state index in [0.29, 0.717) is 20.6 Å². The van der Waals surface area contributed by atoms with Crippen molar-refractivity contribution < 1.29 is 18.0 Å². The first kappa shape index (κ1) is 30.1. The van der Waals surface area contributed by atoms with Gasteiger partial charge in [-0.15, -0.1) is 0 Å². The lowest BCUT2D eigenvalue weighted by Gasteiger charge is -2.33. The molecule has 1 atom stereocenters. The van der Waals surface area contributed by atoms with Crippen molar-refractivity contribution in [2.24, 2.45) is 0 Å². The van der Waals surface area contributed by atoms with Gasteiger partial charge in [-0.2, -0.15) is 0 Å².